The Morgan fingerprint density at radius 2 is 1.18 bits per heavy atom. The van der Waals surface area contributed by atoms with Crippen molar-refractivity contribution in [2.24, 2.45) is 11.3 Å². The van der Waals surface area contributed by atoms with Gasteiger partial charge in [0.15, 0.2) is 20.4 Å². The molecule has 0 aliphatic rings. The molecule has 0 bridgehead atoms. The average Bonchev–Trinajstić information content (AvgIpc) is 2.66. The summed E-state index contributed by atoms with van der Waals surface area (Å²) in [6.45, 7) is -0.814. The van der Waals surface area contributed by atoms with Gasteiger partial charge in [-0.15, -0.1) is 0 Å². The predicted molar refractivity (Wildman–Crippen MR) is 93.8 cm³/mol. The van der Waals surface area contributed by atoms with E-state index >= 15 is 0 Å². The lowest BCUT2D eigenvalue weighted by Crippen LogP contribution is -2.24. The summed E-state index contributed by atoms with van der Waals surface area (Å²) in [7, 11) is 0. The van der Waals surface area contributed by atoms with Crippen molar-refractivity contribution in [2.45, 2.75) is 19.8 Å². The Labute approximate surface area is 161 Å². The fourth-order valence-electron chi connectivity index (χ4n) is 2.20. The van der Waals surface area contributed by atoms with E-state index in [1.54, 1.807) is 6.92 Å². The Morgan fingerprint density at radius 1 is 0.821 bits per heavy atom. The third-order valence-corrected chi connectivity index (χ3v) is 3.72. The number of hydrogen-bond donors (Lipinski definition) is 3. The summed E-state index contributed by atoms with van der Waals surface area (Å²) in [5, 5.41) is 25.9. The normalized spacial score (nSPS) is 14.7. The van der Waals surface area contributed by atoms with E-state index in [4.69, 9.17) is 15.3 Å². The maximum Gasteiger partial charge on any atom is 0.332 e. The molecule has 1 unspecified atom stereocenters. The maximum absolute atomic E-state index is 11.6. The fourth-order valence-corrected chi connectivity index (χ4v) is 2.20. The summed E-state index contributed by atoms with van der Waals surface area (Å²) < 4.78 is 13.2. The number of aliphatic hydroxyl groups excluding tert-OH is 3. The van der Waals surface area contributed by atoms with Gasteiger partial charge >= 0.3 is 17.9 Å². The van der Waals surface area contributed by atoms with Crippen LogP contribution >= 0.6 is 0 Å². The Morgan fingerprint density at radius 3 is 1.46 bits per heavy atom. The van der Waals surface area contributed by atoms with Crippen LogP contribution in [0.25, 0.3) is 0 Å². The summed E-state index contributed by atoms with van der Waals surface area (Å²) in [5.74, 6) is -3.06. The number of carbonyl (C=O) groups is 4. The highest BCUT2D eigenvalue weighted by Gasteiger charge is 2.29. The molecule has 3 N–H and O–H groups in total. The van der Waals surface area contributed by atoms with Crippen LogP contribution in [0.4, 0.5) is 0 Å². The van der Waals surface area contributed by atoms with Crippen LogP contribution in [0.2, 0.25) is 0 Å². The summed E-state index contributed by atoms with van der Waals surface area (Å²) in [6, 6.07) is 0. The zero-order valence-electron chi connectivity index (χ0n) is 15.4. The molecule has 0 rings (SSSR count). The molecule has 0 aliphatic heterocycles. The van der Waals surface area contributed by atoms with Gasteiger partial charge in [0.25, 0.3) is 0 Å². The number of aliphatic hydroxyl groups is 3. The summed E-state index contributed by atoms with van der Waals surface area (Å²) in [4.78, 5) is 45.5. The van der Waals surface area contributed by atoms with Gasteiger partial charge in [0.1, 0.15) is 6.29 Å². The Balaban J connectivity index is 6.05. The standard InChI is InChI=1S/C18H24O10/c1-14(3-2-10-19)18(7-4-15(23)26-11-20,8-5-16(24)27-12-21)9-6-17(25)28-13-22/h4-10,14,20-22H,2-3,11-13H2,1H3. The van der Waals surface area contributed by atoms with E-state index in [2.05, 4.69) is 14.2 Å². The van der Waals surface area contributed by atoms with Gasteiger partial charge in [-0.2, -0.15) is 0 Å². The lowest BCUT2D eigenvalue weighted by Gasteiger charge is -2.30. The minimum Gasteiger partial charge on any atom is -0.436 e. The molecule has 0 fully saturated rings. The predicted octanol–water partition coefficient (Wildman–Crippen LogP) is -0.264. The molecule has 156 valence electrons. The summed E-state index contributed by atoms with van der Waals surface area (Å²) >= 11 is 0. The van der Waals surface area contributed by atoms with E-state index < -0.39 is 49.6 Å². The third kappa shape index (κ3) is 9.76. The van der Waals surface area contributed by atoms with Crippen LogP contribution in [0.3, 0.4) is 0 Å². The number of ether oxygens (including phenoxy) is 3. The minimum atomic E-state index is -1.25. The highest BCUT2D eigenvalue weighted by atomic mass is 16.6. The lowest BCUT2D eigenvalue weighted by atomic mass is 9.73. The van der Waals surface area contributed by atoms with Crippen molar-refractivity contribution >= 4 is 24.2 Å². The average molecular weight is 400 g/mol. The molecule has 0 aliphatic carbocycles. The second-order valence-electron chi connectivity index (χ2n) is 5.42. The van der Waals surface area contributed by atoms with Gasteiger partial charge in [-0.05, 0) is 12.3 Å². The highest BCUT2D eigenvalue weighted by Crippen LogP contribution is 2.36. The molecule has 10 nitrogen and oxygen atoms in total. The van der Waals surface area contributed by atoms with E-state index in [-0.39, 0.29) is 6.42 Å². The number of carbonyl (C=O) groups excluding carboxylic acids is 4. The first kappa shape index (κ1) is 25.2. The molecular weight excluding hydrogens is 376 g/mol. The number of esters is 3. The van der Waals surface area contributed by atoms with Gasteiger partial charge < -0.3 is 34.3 Å². The van der Waals surface area contributed by atoms with E-state index in [1.165, 1.54) is 18.2 Å². The first-order valence-corrected chi connectivity index (χ1v) is 8.19. The van der Waals surface area contributed by atoms with Gasteiger partial charge in [-0.3, -0.25) is 0 Å². The highest BCUT2D eigenvalue weighted by molar-refractivity contribution is 5.84. The molecule has 0 radical (unpaired) electrons. The van der Waals surface area contributed by atoms with Crippen LogP contribution in [0.5, 0.6) is 0 Å². The van der Waals surface area contributed by atoms with E-state index in [1.807, 2.05) is 0 Å². The molecule has 0 aromatic heterocycles. The Kier molecular flexibility index (Phi) is 12.8. The second kappa shape index (κ2) is 14.3. The molecule has 0 heterocycles. The summed E-state index contributed by atoms with van der Waals surface area (Å²) in [6.07, 6.45) is 8.07. The van der Waals surface area contributed by atoms with Gasteiger partial charge in [-0.1, -0.05) is 25.2 Å². The first-order chi connectivity index (χ1) is 13.3. The molecule has 10 heteroatoms. The zero-order valence-corrected chi connectivity index (χ0v) is 15.4. The smallest absolute Gasteiger partial charge is 0.332 e. The van der Waals surface area contributed by atoms with E-state index in [0.29, 0.717) is 12.7 Å². The molecule has 0 saturated carbocycles. The molecule has 0 aromatic carbocycles. The third-order valence-electron chi connectivity index (χ3n) is 3.72. The molecular formula is C18H24O10. The quantitative estimate of drug-likeness (QED) is 0.124. The van der Waals surface area contributed by atoms with Crippen LogP contribution in [-0.4, -0.2) is 59.9 Å². The van der Waals surface area contributed by atoms with Gasteiger partial charge in [-0.25, -0.2) is 14.4 Å². The molecule has 1 atom stereocenters. The topological polar surface area (TPSA) is 157 Å². The first-order valence-electron chi connectivity index (χ1n) is 8.19. The second-order valence-corrected chi connectivity index (χ2v) is 5.42. The zero-order chi connectivity index (χ0) is 21.4. The fraction of sp³-hybridized carbons (Fsp3) is 0.444. The number of allylic oxidation sites excluding steroid dienone is 3. The van der Waals surface area contributed by atoms with Crippen LogP contribution in [0.1, 0.15) is 19.8 Å². The van der Waals surface area contributed by atoms with Crippen molar-refractivity contribution in [3.63, 3.8) is 0 Å². The van der Waals surface area contributed by atoms with Crippen molar-refractivity contribution in [2.75, 3.05) is 20.4 Å². The summed E-state index contributed by atoms with van der Waals surface area (Å²) in [5.41, 5.74) is -1.25. The molecule has 28 heavy (non-hydrogen) atoms. The van der Waals surface area contributed by atoms with E-state index in [9.17, 15) is 19.2 Å². The van der Waals surface area contributed by atoms with Gasteiger partial charge in [0.2, 0.25) is 0 Å². The molecule has 0 spiro atoms. The minimum absolute atomic E-state index is 0.168. The van der Waals surface area contributed by atoms with Gasteiger partial charge in [0.05, 0.1) is 0 Å². The van der Waals surface area contributed by atoms with Crippen molar-refractivity contribution in [3.8, 4) is 0 Å². The molecule has 0 saturated heterocycles. The Bertz CT molecular complexity index is 536. The number of aldehydes is 1. The number of rotatable bonds is 13. The number of hydrogen-bond acceptors (Lipinski definition) is 10. The lowest BCUT2D eigenvalue weighted by molar-refractivity contribution is -0.146. The molecule has 0 aromatic rings. The Hall–Kier alpha value is -2.82. The van der Waals surface area contributed by atoms with Crippen molar-refractivity contribution in [1.29, 1.82) is 0 Å². The van der Waals surface area contributed by atoms with Crippen LogP contribution in [-0.2, 0) is 33.4 Å². The van der Waals surface area contributed by atoms with E-state index in [0.717, 1.165) is 18.2 Å². The maximum atomic E-state index is 11.6. The van der Waals surface area contributed by atoms with Crippen molar-refractivity contribution in [3.05, 3.63) is 36.5 Å². The monoisotopic (exact) mass is 400 g/mol. The van der Waals surface area contributed by atoms with Crippen molar-refractivity contribution < 1.29 is 48.7 Å². The van der Waals surface area contributed by atoms with Crippen LogP contribution < -0.4 is 0 Å². The van der Waals surface area contributed by atoms with Crippen molar-refractivity contribution in [1.82, 2.24) is 0 Å². The SMILES string of the molecule is CC(CCC=O)C(C=CC(=O)OCO)(C=CC(=O)OCO)C=CC(=O)OCO. The van der Waals surface area contributed by atoms with Crippen LogP contribution in [0, 0.1) is 11.3 Å². The largest absolute Gasteiger partial charge is 0.436 e. The molecule has 0 amide bonds. The van der Waals surface area contributed by atoms with Crippen LogP contribution in [0.15, 0.2) is 36.5 Å². The van der Waals surface area contributed by atoms with Gasteiger partial charge in [0, 0.05) is 30.1 Å².